The van der Waals surface area contributed by atoms with Gasteiger partial charge in [-0.1, -0.05) is 31.5 Å². The highest BCUT2D eigenvalue weighted by Crippen LogP contribution is 2.14. The summed E-state index contributed by atoms with van der Waals surface area (Å²) in [4.78, 5) is 16.9. The highest BCUT2D eigenvalue weighted by molar-refractivity contribution is 5.91. The molecule has 1 aliphatic heterocycles. The molecule has 1 saturated heterocycles. The van der Waals surface area contributed by atoms with E-state index in [1.54, 1.807) is 0 Å². The summed E-state index contributed by atoms with van der Waals surface area (Å²) in [6.07, 6.45) is 6.13. The molecule has 5 nitrogen and oxygen atoms in total. The number of nitrogens with zero attached hydrogens (tertiary/aromatic N) is 3. The standard InChI is InChI=1S/C17H22N4O/c1-2-16-18-15(13-21(16)14-9-5-3-6-10-14)17(22)19-20-11-7-4-8-12-20/h3,5-6,9-10,13H,2,4,7-8,11-12H2,1H3,(H,19,22). The molecule has 0 unspecified atom stereocenters. The number of nitrogens with one attached hydrogen (secondary N) is 1. The van der Waals surface area contributed by atoms with Gasteiger partial charge in [-0.3, -0.25) is 10.2 Å². The average molecular weight is 298 g/mol. The number of hydrazine groups is 1. The first-order chi connectivity index (χ1) is 10.8. The number of para-hydroxylation sites is 1. The maximum atomic E-state index is 12.4. The van der Waals surface area contributed by atoms with Crippen molar-refractivity contribution < 1.29 is 4.79 Å². The minimum Gasteiger partial charge on any atom is -0.303 e. The minimum atomic E-state index is -0.119. The molecule has 0 spiro atoms. The lowest BCUT2D eigenvalue weighted by atomic mass is 10.2. The highest BCUT2D eigenvalue weighted by atomic mass is 16.2. The second-order valence-electron chi connectivity index (χ2n) is 5.59. The summed E-state index contributed by atoms with van der Waals surface area (Å²) in [6, 6.07) is 10.0. The van der Waals surface area contributed by atoms with Gasteiger partial charge in [-0.25, -0.2) is 9.99 Å². The number of carbonyl (C=O) groups excluding carboxylic acids is 1. The van der Waals surface area contributed by atoms with E-state index in [0.717, 1.165) is 43.9 Å². The zero-order valence-corrected chi connectivity index (χ0v) is 13.0. The Morgan fingerprint density at radius 2 is 1.91 bits per heavy atom. The molecule has 1 fully saturated rings. The Labute approximate surface area is 130 Å². The highest BCUT2D eigenvalue weighted by Gasteiger charge is 2.18. The minimum absolute atomic E-state index is 0.119. The van der Waals surface area contributed by atoms with Gasteiger partial charge in [-0.15, -0.1) is 0 Å². The van der Waals surface area contributed by atoms with Crippen LogP contribution in [-0.2, 0) is 6.42 Å². The molecular weight excluding hydrogens is 276 g/mol. The quantitative estimate of drug-likeness (QED) is 0.944. The van der Waals surface area contributed by atoms with Crippen LogP contribution in [0.3, 0.4) is 0 Å². The van der Waals surface area contributed by atoms with E-state index >= 15 is 0 Å². The summed E-state index contributed by atoms with van der Waals surface area (Å²) in [5.41, 5.74) is 4.48. The van der Waals surface area contributed by atoms with E-state index in [-0.39, 0.29) is 5.91 Å². The number of carbonyl (C=O) groups is 1. The Morgan fingerprint density at radius 1 is 1.18 bits per heavy atom. The first kappa shape index (κ1) is 14.8. The van der Waals surface area contributed by atoms with Gasteiger partial charge in [0.1, 0.15) is 11.5 Å². The topological polar surface area (TPSA) is 50.2 Å². The Hall–Kier alpha value is -2.14. The third-order valence-corrected chi connectivity index (χ3v) is 3.98. The molecule has 0 radical (unpaired) electrons. The van der Waals surface area contributed by atoms with Crippen molar-refractivity contribution in [1.29, 1.82) is 0 Å². The smallest absolute Gasteiger partial charge is 0.285 e. The number of rotatable bonds is 4. The van der Waals surface area contributed by atoms with Crippen molar-refractivity contribution in [2.75, 3.05) is 13.1 Å². The zero-order chi connectivity index (χ0) is 15.4. The normalized spacial score (nSPS) is 15.7. The van der Waals surface area contributed by atoms with Crippen LogP contribution in [0, 0.1) is 0 Å². The molecule has 1 amide bonds. The molecule has 0 saturated carbocycles. The summed E-state index contributed by atoms with van der Waals surface area (Å²) in [5.74, 6) is 0.779. The molecule has 0 aliphatic carbocycles. The van der Waals surface area contributed by atoms with Crippen molar-refractivity contribution in [2.45, 2.75) is 32.6 Å². The summed E-state index contributed by atoms with van der Waals surface area (Å²) >= 11 is 0. The van der Waals surface area contributed by atoms with Crippen molar-refractivity contribution in [2.24, 2.45) is 0 Å². The molecule has 1 aromatic heterocycles. The van der Waals surface area contributed by atoms with Crippen molar-refractivity contribution in [1.82, 2.24) is 20.0 Å². The second-order valence-corrected chi connectivity index (χ2v) is 5.59. The van der Waals surface area contributed by atoms with Gasteiger partial charge in [0.05, 0.1) is 0 Å². The van der Waals surface area contributed by atoms with Crippen LogP contribution in [0.1, 0.15) is 42.5 Å². The van der Waals surface area contributed by atoms with Gasteiger partial charge in [-0.2, -0.15) is 0 Å². The van der Waals surface area contributed by atoms with Crippen LogP contribution < -0.4 is 5.43 Å². The maximum Gasteiger partial charge on any atom is 0.285 e. The maximum absolute atomic E-state index is 12.4. The van der Waals surface area contributed by atoms with E-state index in [9.17, 15) is 4.79 Å². The number of hydrogen-bond acceptors (Lipinski definition) is 3. The molecule has 1 aliphatic rings. The molecular formula is C17H22N4O. The van der Waals surface area contributed by atoms with Crippen LogP contribution in [0.2, 0.25) is 0 Å². The van der Waals surface area contributed by atoms with Gasteiger partial charge >= 0.3 is 0 Å². The van der Waals surface area contributed by atoms with E-state index in [1.165, 1.54) is 6.42 Å². The predicted molar refractivity (Wildman–Crippen MR) is 85.8 cm³/mol. The molecule has 0 bridgehead atoms. The lowest BCUT2D eigenvalue weighted by molar-refractivity contribution is 0.0745. The largest absolute Gasteiger partial charge is 0.303 e. The van der Waals surface area contributed by atoms with Gasteiger partial charge in [0.2, 0.25) is 0 Å². The summed E-state index contributed by atoms with van der Waals surface area (Å²) in [5, 5.41) is 2.00. The van der Waals surface area contributed by atoms with E-state index in [0.29, 0.717) is 5.69 Å². The monoisotopic (exact) mass is 298 g/mol. The number of amides is 1. The lowest BCUT2D eigenvalue weighted by Gasteiger charge is -2.26. The van der Waals surface area contributed by atoms with Crippen molar-refractivity contribution in [3.8, 4) is 5.69 Å². The molecule has 0 atom stereocenters. The number of benzene rings is 1. The Bertz CT molecular complexity index is 629. The lowest BCUT2D eigenvalue weighted by Crippen LogP contribution is -2.45. The molecule has 1 aromatic carbocycles. The number of hydrogen-bond donors (Lipinski definition) is 1. The Balaban J connectivity index is 1.79. The van der Waals surface area contributed by atoms with Crippen LogP contribution in [0.25, 0.3) is 5.69 Å². The SMILES string of the molecule is CCc1nc(C(=O)NN2CCCCC2)cn1-c1ccccc1. The number of aryl methyl sites for hydroxylation is 1. The van der Waals surface area contributed by atoms with Crippen molar-refractivity contribution in [3.63, 3.8) is 0 Å². The van der Waals surface area contributed by atoms with E-state index in [2.05, 4.69) is 10.4 Å². The van der Waals surface area contributed by atoms with Crippen molar-refractivity contribution >= 4 is 5.91 Å². The second kappa shape index (κ2) is 6.75. The van der Waals surface area contributed by atoms with Crippen molar-refractivity contribution in [3.05, 3.63) is 48.0 Å². The summed E-state index contributed by atoms with van der Waals surface area (Å²) < 4.78 is 1.99. The molecule has 2 aromatic rings. The van der Waals surface area contributed by atoms with Crippen LogP contribution in [0.5, 0.6) is 0 Å². The van der Waals surface area contributed by atoms with E-state index < -0.39 is 0 Å². The van der Waals surface area contributed by atoms with Gasteiger partial charge in [0, 0.05) is 31.4 Å². The fourth-order valence-electron chi connectivity index (χ4n) is 2.80. The van der Waals surface area contributed by atoms with Crippen LogP contribution in [-0.4, -0.2) is 33.6 Å². The Morgan fingerprint density at radius 3 is 2.59 bits per heavy atom. The number of aromatic nitrogens is 2. The zero-order valence-electron chi connectivity index (χ0n) is 13.0. The molecule has 116 valence electrons. The van der Waals surface area contributed by atoms with Gasteiger partial charge < -0.3 is 4.57 Å². The first-order valence-electron chi connectivity index (χ1n) is 7.97. The fourth-order valence-corrected chi connectivity index (χ4v) is 2.80. The van der Waals surface area contributed by atoms with E-state index in [4.69, 9.17) is 0 Å². The third-order valence-electron chi connectivity index (χ3n) is 3.98. The van der Waals surface area contributed by atoms with Gasteiger partial charge in [0.15, 0.2) is 0 Å². The van der Waals surface area contributed by atoms with E-state index in [1.807, 2.05) is 53.0 Å². The summed E-state index contributed by atoms with van der Waals surface area (Å²) in [6.45, 7) is 3.89. The average Bonchev–Trinajstić information content (AvgIpc) is 3.01. The Kier molecular flexibility index (Phi) is 4.53. The predicted octanol–water partition coefficient (Wildman–Crippen LogP) is 2.57. The van der Waals surface area contributed by atoms with Crippen LogP contribution >= 0.6 is 0 Å². The first-order valence-corrected chi connectivity index (χ1v) is 7.97. The van der Waals surface area contributed by atoms with Gasteiger partial charge in [0.25, 0.3) is 5.91 Å². The molecule has 5 heteroatoms. The molecule has 1 N–H and O–H groups in total. The third kappa shape index (κ3) is 3.20. The molecule has 3 rings (SSSR count). The summed E-state index contributed by atoms with van der Waals surface area (Å²) in [7, 11) is 0. The van der Waals surface area contributed by atoms with Gasteiger partial charge in [-0.05, 0) is 25.0 Å². The molecule has 22 heavy (non-hydrogen) atoms. The fraction of sp³-hybridized carbons (Fsp3) is 0.412. The van der Waals surface area contributed by atoms with Crippen LogP contribution in [0.15, 0.2) is 36.5 Å². The number of imidazole rings is 1. The number of piperidine rings is 1. The molecule has 2 heterocycles. The van der Waals surface area contributed by atoms with Crippen LogP contribution in [0.4, 0.5) is 0 Å².